The maximum Gasteiger partial charge on any atom is 0.214 e. The Morgan fingerprint density at radius 3 is 0.596 bits per heavy atom. The van der Waals surface area contributed by atoms with E-state index in [0.717, 1.165) is 0 Å². The molecule has 0 amide bonds. The standard InChI is InChI=1S/4C8H17NO3S/c4*1-4-6-7(12-3)8(5-2)13(9,10)11/h4*4,7-8H,1,5-6H2,2-3H3,(H2,9,10,11)/t2*7-,8+;2*7-,8-/m1010/s1. The fourth-order valence-electron chi connectivity index (χ4n) is 5.08. The molecular weight excluding hydrogens is 761 g/mol. The van der Waals surface area contributed by atoms with E-state index in [1.807, 2.05) is 0 Å². The fraction of sp³-hybridized carbons (Fsp3) is 0.750. The zero-order valence-corrected chi connectivity index (χ0v) is 35.5. The van der Waals surface area contributed by atoms with Gasteiger partial charge in [-0.05, 0) is 51.4 Å². The van der Waals surface area contributed by atoms with Gasteiger partial charge in [-0.2, -0.15) is 0 Å². The lowest BCUT2D eigenvalue weighted by atomic mass is 10.1. The number of nitrogens with two attached hydrogens (primary N) is 4. The van der Waals surface area contributed by atoms with Crippen molar-refractivity contribution in [2.45, 2.75) is 124 Å². The van der Waals surface area contributed by atoms with Crippen LogP contribution in [0.1, 0.15) is 79.1 Å². The highest BCUT2D eigenvalue weighted by Crippen LogP contribution is 2.16. The lowest BCUT2D eigenvalue weighted by Gasteiger charge is -2.21. The van der Waals surface area contributed by atoms with Crippen LogP contribution in [-0.4, -0.2) is 108 Å². The van der Waals surface area contributed by atoms with Crippen molar-refractivity contribution < 1.29 is 52.6 Å². The van der Waals surface area contributed by atoms with Crippen molar-refractivity contribution >= 4 is 40.1 Å². The number of hydrogen-bond acceptors (Lipinski definition) is 12. The van der Waals surface area contributed by atoms with E-state index >= 15 is 0 Å². The Bertz CT molecular complexity index is 1210. The highest BCUT2D eigenvalue weighted by molar-refractivity contribution is 7.90. The summed E-state index contributed by atoms with van der Waals surface area (Å²) < 4.78 is 109. The summed E-state index contributed by atoms with van der Waals surface area (Å²) in [5, 5.41) is 17.6. The van der Waals surface area contributed by atoms with Crippen molar-refractivity contribution in [3.05, 3.63) is 50.6 Å². The molecule has 0 spiro atoms. The van der Waals surface area contributed by atoms with Crippen LogP contribution in [0.25, 0.3) is 0 Å². The number of primary sulfonamides is 4. The number of ether oxygens (including phenoxy) is 4. The summed E-state index contributed by atoms with van der Waals surface area (Å²) in [4.78, 5) is 0. The SMILES string of the molecule is C=CC[C@@H](OC)[C@@H](CC)S(N)(=O)=O.C=CC[C@@H](OC)[C@H](CC)S(N)(=O)=O.C=CC[C@H](OC)[C@@H](CC)S(N)(=O)=O.C=CC[C@H](OC)[C@H](CC)S(N)(=O)=O. The van der Waals surface area contributed by atoms with Crippen LogP contribution in [0.5, 0.6) is 0 Å². The molecule has 8 N–H and O–H groups in total. The van der Waals surface area contributed by atoms with Crippen LogP contribution < -0.4 is 20.6 Å². The van der Waals surface area contributed by atoms with Gasteiger partial charge in [0.1, 0.15) is 21.0 Å². The third kappa shape index (κ3) is 24.7. The quantitative estimate of drug-likeness (QED) is 0.102. The highest BCUT2D eigenvalue weighted by Gasteiger charge is 2.30. The molecule has 0 aromatic rings. The minimum absolute atomic E-state index is 0.391. The highest BCUT2D eigenvalue weighted by atomic mass is 32.2. The molecule has 0 bridgehead atoms. The van der Waals surface area contributed by atoms with E-state index in [2.05, 4.69) is 26.3 Å². The lowest BCUT2D eigenvalue weighted by molar-refractivity contribution is 0.0994. The van der Waals surface area contributed by atoms with E-state index in [4.69, 9.17) is 39.5 Å². The topological polar surface area (TPSA) is 278 Å². The third-order valence-corrected chi connectivity index (χ3v) is 13.7. The van der Waals surface area contributed by atoms with Gasteiger partial charge in [0.15, 0.2) is 0 Å². The predicted molar refractivity (Wildman–Crippen MR) is 211 cm³/mol. The van der Waals surface area contributed by atoms with E-state index in [1.165, 1.54) is 28.4 Å². The minimum atomic E-state index is -3.52. The van der Waals surface area contributed by atoms with Crippen LogP contribution in [-0.2, 0) is 59.0 Å². The lowest BCUT2D eigenvalue weighted by Crippen LogP contribution is -2.39. The molecule has 0 aromatic carbocycles. The van der Waals surface area contributed by atoms with Gasteiger partial charge in [-0.15, -0.1) is 26.3 Å². The van der Waals surface area contributed by atoms with Crippen molar-refractivity contribution in [2.24, 2.45) is 20.6 Å². The molecule has 0 aliphatic heterocycles. The maximum absolute atomic E-state index is 11.1. The van der Waals surface area contributed by atoms with E-state index in [0.29, 0.717) is 51.4 Å². The second kappa shape index (κ2) is 29.8. The van der Waals surface area contributed by atoms with Gasteiger partial charge in [0.25, 0.3) is 0 Å². The molecule has 16 nitrogen and oxygen atoms in total. The number of methoxy groups -OCH3 is 4. The van der Waals surface area contributed by atoms with Crippen LogP contribution in [0.3, 0.4) is 0 Å². The summed E-state index contributed by atoms with van der Waals surface area (Å²) in [5.74, 6) is 0. The summed E-state index contributed by atoms with van der Waals surface area (Å²) >= 11 is 0. The smallest absolute Gasteiger partial charge is 0.214 e. The van der Waals surface area contributed by atoms with Crippen molar-refractivity contribution in [3.8, 4) is 0 Å². The van der Waals surface area contributed by atoms with Gasteiger partial charge in [-0.25, -0.2) is 54.2 Å². The second-order valence-corrected chi connectivity index (χ2v) is 18.5. The molecule has 0 rings (SSSR count). The van der Waals surface area contributed by atoms with Gasteiger partial charge in [-0.3, -0.25) is 0 Å². The van der Waals surface area contributed by atoms with Crippen LogP contribution in [0.2, 0.25) is 0 Å². The van der Waals surface area contributed by atoms with E-state index < -0.39 is 85.5 Å². The molecule has 0 aliphatic rings. The summed E-state index contributed by atoms with van der Waals surface area (Å²) in [6.07, 6.45) is 8.71. The third-order valence-electron chi connectivity index (χ3n) is 7.76. The summed E-state index contributed by atoms with van der Waals surface area (Å²) in [6.45, 7) is 21.2. The minimum Gasteiger partial charge on any atom is -0.380 e. The number of sulfonamides is 4. The van der Waals surface area contributed by atoms with Gasteiger partial charge in [-0.1, -0.05) is 52.0 Å². The van der Waals surface area contributed by atoms with Crippen molar-refractivity contribution in [2.75, 3.05) is 28.4 Å². The molecule has 0 aromatic heterocycles. The second-order valence-electron chi connectivity index (χ2n) is 11.3. The number of rotatable bonds is 24. The Morgan fingerprint density at radius 2 is 0.538 bits per heavy atom. The summed E-state index contributed by atoms with van der Waals surface area (Å²) in [6, 6.07) is 0. The average molecular weight is 829 g/mol. The zero-order valence-electron chi connectivity index (χ0n) is 32.3. The molecule has 0 heterocycles. The zero-order chi connectivity index (χ0) is 41.9. The fourth-order valence-corrected chi connectivity index (χ4v) is 9.52. The largest absolute Gasteiger partial charge is 0.380 e. The molecule has 0 saturated carbocycles. The predicted octanol–water partition coefficient (Wildman–Crippen LogP) is 2.58. The first-order valence-corrected chi connectivity index (χ1v) is 22.9. The Balaban J connectivity index is -0.000000295. The van der Waals surface area contributed by atoms with Crippen molar-refractivity contribution in [1.82, 2.24) is 0 Å². The van der Waals surface area contributed by atoms with Crippen molar-refractivity contribution in [3.63, 3.8) is 0 Å². The molecule has 0 aliphatic carbocycles. The Labute approximate surface area is 315 Å². The Kier molecular flexibility index (Phi) is 32.7. The van der Waals surface area contributed by atoms with E-state index in [9.17, 15) is 33.7 Å². The first-order chi connectivity index (χ1) is 23.9. The molecule has 8 atom stereocenters. The number of hydrogen-bond donors (Lipinski definition) is 4. The van der Waals surface area contributed by atoms with Crippen LogP contribution in [0.4, 0.5) is 0 Å². The molecular formula is C32H68N4O12S4. The van der Waals surface area contributed by atoms with Gasteiger partial charge in [0, 0.05) is 28.4 Å². The maximum atomic E-state index is 11.1. The van der Waals surface area contributed by atoms with Gasteiger partial charge >= 0.3 is 0 Å². The first-order valence-electron chi connectivity index (χ1n) is 16.5. The van der Waals surface area contributed by atoms with Crippen LogP contribution >= 0.6 is 0 Å². The van der Waals surface area contributed by atoms with Gasteiger partial charge in [0.2, 0.25) is 40.1 Å². The van der Waals surface area contributed by atoms with Crippen LogP contribution in [0.15, 0.2) is 50.6 Å². The Morgan fingerprint density at radius 1 is 0.404 bits per heavy atom. The summed E-state index contributed by atoms with van der Waals surface area (Å²) in [5.41, 5.74) is 0. The van der Waals surface area contributed by atoms with Gasteiger partial charge in [0.05, 0.1) is 24.4 Å². The molecule has 0 saturated heterocycles. The molecule has 312 valence electrons. The Hall–Kier alpha value is -1.56. The monoisotopic (exact) mass is 828 g/mol. The van der Waals surface area contributed by atoms with E-state index in [-0.39, 0.29) is 0 Å². The average Bonchev–Trinajstić information content (AvgIpc) is 3.02. The molecule has 52 heavy (non-hydrogen) atoms. The first kappa shape index (κ1) is 57.2. The van der Waals surface area contributed by atoms with Crippen molar-refractivity contribution in [1.29, 1.82) is 0 Å². The molecule has 20 heteroatoms. The summed E-state index contributed by atoms with van der Waals surface area (Å²) in [7, 11) is -8.19. The molecule has 0 radical (unpaired) electrons. The van der Waals surface area contributed by atoms with Crippen LogP contribution in [0, 0.1) is 0 Å². The molecule has 0 fully saturated rings. The normalized spacial score (nSPS) is 16.5. The van der Waals surface area contributed by atoms with Gasteiger partial charge < -0.3 is 18.9 Å². The van der Waals surface area contributed by atoms with E-state index in [1.54, 1.807) is 52.0 Å². The molecule has 0 unspecified atom stereocenters.